The van der Waals surface area contributed by atoms with Crippen molar-refractivity contribution in [2.24, 2.45) is 0 Å². The Bertz CT molecular complexity index is 1300. The first-order chi connectivity index (χ1) is 20.1. The van der Waals surface area contributed by atoms with Crippen LogP contribution in [0.4, 0.5) is 0 Å². The Labute approximate surface area is 244 Å². The van der Waals surface area contributed by atoms with E-state index in [1.54, 1.807) is 7.11 Å². The zero-order chi connectivity index (χ0) is 30.3. The predicted octanol–water partition coefficient (Wildman–Crippen LogP) is 3.52. The lowest BCUT2D eigenvalue weighted by molar-refractivity contribution is -0.299. The number of carbonyl (C=O) groups excluding carboxylic acids is 3. The number of aliphatic hydroxyl groups excluding tert-OH is 1. The highest BCUT2D eigenvalue weighted by molar-refractivity contribution is 5.68. The van der Waals surface area contributed by atoms with E-state index in [0.29, 0.717) is 5.75 Å². The molecule has 42 heavy (non-hydrogen) atoms. The molecule has 10 nitrogen and oxygen atoms in total. The summed E-state index contributed by atoms with van der Waals surface area (Å²) in [4.78, 5) is 36.0. The van der Waals surface area contributed by atoms with Gasteiger partial charge in [0.15, 0.2) is 24.6 Å². The van der Waals surface area contributed by atoms with Gasteiger partial charge in [-0.1, -0.05) is 72.8 Å². The Morgan fingerprint density at radius 1 is 0.690 bits per heavy atom. The minimum Gasteiger partial charge on any atom is -0.497 e. The number of carbonyl (C=O) groups is 3. The first-order valence-corrected chi connectivity index (χ1v) is 13.4. The topological polar surface area (TPSA) is 127 Å². The van der Waals surface area contributed by atoms with Crippen molar-refractivity contribution in [1.82, 2.24) is 0 Å². The maximum absolute atomic E-state index is 12.2. The van der Waals surface area contributed by atoms with Crippen molar-refractivity contribution in [1.29, 1.82) is 0 Å². The fourth-order valence-corrected chi connectivity index (χ4v) is 5.13. The van der Waals surface area contributed by atoms with Crippen LogP contribution in [0.1, 0.15) is 37.5 Å². The summed E-state index contributed by atoms with van der Waals surface area (Å²) < 4.78 is 34.2. The van der Waals surface area contributed by atoms with Crippen molar-refractivity contribution in [2.75, 3.05) is 13.7 Å². The molecule has 1 N–H and O–H groups in total. The van der Waals surface area contributed by atoms with E-state index in [-0.39, 0.29) is 6.61 Å². The molecule has 0 spiro atoms. The fraction of sp³-hybridized carbons (Fsp3) is 0.344. The molecule has 222 valence electrons. The van der Waals surface area contributed by atoms with E-state index in [4.69, 9.17) is 28.4 Å². The van der Waals surface area contributed by atoms with Crippen molar-refractivity contribution in [3.63, 3.8) is 0 Å². The van der Waals surface area contributed by atoms with Gasteiger partial charge >= 0.3 is 17.9 Å². The summed E-state index contributed by atoms with van der Waals surface area (Å²) in [5.74, 6) is -1.52. The van der Waals surface area contributed by atoms with E-state index >= 15 is 0 Å². The predicted molar refractivity (Wildman–Crippen MR) is 149 cm³/mol. The lowest BCUT2D eigenvalue weighted by atomic mass is 9.80. The Balaban J connectivity index is 1.81. The molecule has 0 aliphatic carbocycles. The molecule has 4 rings (SSSR count). The van der Waals surface area contributed by atoms with Gasteiger partial charge in [-0.25, -0.2) is 0 Å². The standard InChI is InChI=1S/C32H34O10/c1-20(33)39-28-27(42-31(36)30(41-22(3)35)29(28)40-21(2)34)19-38-32(23-11-7-5-8-12-23,24-13-9-6-10-14-24)25-15-17-26(37-4)18-16-25/h5-18,27-31,36H,19H2,1-4H3/t27-,28+,29+,30-,31-/m1/s1. The molecule has 0 unspecified atom stereocenters. The van der Waals surface area contributed by atoms with Gasteiger partial charge in [-0.2, -0.15) is 0 Å². The molecule has 5 atom stereocenters. The van der Waals surface area contributed by atoms with Crippen LogP contribution in [0.3, 0.4) is 0 Å². The SMILES string of the molecule is COc1ccc(C(OC[C@H]2O[C@@H](O)[C@H](OC(C)=O)[C@@H](OC(C)=O)[C@H]2OC(C)=O)(c2ccccc2)c2ccccc2)cc1. The highest BCUT2D eigenvalue weighted by atomic mass is 16.7. The van der Waals surface area contributed by atoms with Crippen LogP contribution in [-0.4, -0.2) is 67.4 Å². The highest BCUT2D eigenvalue weighted by Gasteiger charge is 2.52. The summed E-state index contributed by atoms with van der Waals surface area (Å²) in [6.07, 6.45) is -6.93. The summed E-state index contributed by atoms with van der Waals surface area (Å²) in [6.45, 7) is 3.23. The number of benzene rings is 3. The van der Waals surface area contributed by atoms with Gasteiger partial charge in [-0.3, -0.25) is 14.4 Å². The van der Waals surface area contributed by atoms with Gasteiger partial charge in [-0.05, 0) is 28.8 Å². The van der Waals surface area contributed by atoms with Crippen LogP contribution < -0.4 is 4.74 Å². The van der Waals surface area contributed by atoms with Gasteiger partial charge in [-0.15, -0.1) is 0 Å². The lowest BCUT2D eigenvalue weighted by Gasteiger charge is -2.44. The average Bonchev–Trinajstić information content (AvgIpc) is 2.98. The maximum atomic E-state index is 12.2. The quantitative estimate of drug-likeness (QED) is 0.217. The zero-order valence-electron chi connectivity index (χ0n) is 23.8. The van der Waals surface area contributed by atoms with Crippen LogP contribution in [0.15, 0.2) is 84.9 Å². The highest BCUT2D eigenvalue weighted by Crippen LogP contribution is 2.42. The van der Waals surface area contributed by atoms with Crippen LogP contribution in [0, 0.1) is 0 Å². The van der Waals surface area contributed by atoms with Gasteiger partial charge < -0.3 is 33.5 Å². The molecule has 1 aliphatic rings. The third kappa shape index (κ3) is 6.79. The normalized spacial score (nSPS) is 22.1. The second-order valence-corrected chi connectivity index (χ2v) is 9.74. The first-order valence-electron chi connectivity index (χ1n) is 13.4. The molecular weight excluding hydrogens is 544 g/mol. The Kier molecular flexibility index (Phi) is 9.95. The molecule has 1 saturated heterocycles. The second kappa shape index (κ2) is 13.6. The van der Waals surface area contributed by atoms with E-state index in [1.807, 2.05) is 84.9 Å². The third-order valence-electron chi connectivity index (χ3n) is 6.84. The van der Waals surface area contributed by atoms with Crippen molar-refractivity contribution < 1.29 is 47.9 Å². The molecule has 0 radical (unpaired) electrons. The van der Waals surface area contributed by atoms with Gasteiger partial charge in [0.05, 0.1) is 13.7 Å². The Morgan fingerprint density at radius 3 is 1.62 bits per heavy atom. The van der Waals surface area contributed by atoms with Crippen LogP contribution >= 0.6 is 0 Å². The monoisotopic (exact) mass is 578 g/mol. The number of methoxy groups -OCH3 is 1. The summed E-state index contributed by atoms with van der Waals surface area (Å²) in [5, 5.41) is 10.9. The number of hydrogen-bond acceptors (Lipinski definition) is 10. The molecular formula is C32H34O10. The molecule has 0 saturated carbocycles. The number of ether oxygens (including phenoxy) is 6. The number of rotatable bonds is 10. The molecule has 3 aromatic carbocycles. The average molecular weight is 579 g/mol. The van der Waals surface area contributed by atoms with Gasteiger partial charge in [0.1, 0.15) is 17.5 Å². The van der Waals surface area contributed by atoms with Crippen molar-refractivity contribution in [2.45, 2.75) is 57.1 Å². The molecule has 0 bridgehead atoms. The Hall–Kier alpha value is -4.25. The summed E-state index contributed by atoms with van der Waals surface area (Å²) in [7, 11) is 1.58. The summed E-state index contributed by atoms with van der Waals surface area (Å²) in [5.41, 5.74) is 1.13. The fourth-order valence-electron chi connectivity index (χ4n) is 5.13. The van der Waals surface area contributed by atoms with Crippen LogP contribution in [-0.2, 0) is 43.7 Å². The van der Waals surface area contributed by atoms with E-state index in [0.717, 1.165) is 30.5 Å². The van der Waals surface area contributed by atoms with E-state index in [1.165, 1.54) is 6.92 Å². The minimum atomic E-state index is -1.71. The number of esters is 3. The zero-order valence-corrected chi connectivity index (χ0v) is 23.8. The van der Waals surface area contributed by atoms with E-state index in [9.17, 15) is 19.5 Å². The van der Waals surface area contributed by atoms with Gasteiger partial charge in [0.25, 0.3) is 0 Å². The maximum Gasteiger partial charge on any atom is 0.303 e. The third-order valence-corrected chi connectivity index (χ3v) is 6.84. The van der Waals surface area contributed by atoms with Gasteiger partial charge in [0, 0.05) is 20.8 Å². The lowest BCUT2D eigenvalue weighted by Crippen LogP contribution is -2.62. The molecule has 10 heteroatoms. The molecule has 0 aromatic heterocycles. The Morgan fingerprint density at radius 2 is 1.14 bits per heavy atom. The van der Waals surface area contributed by atoms with Crippen molar-refractivity contribution in [3.8, 4) is 5.75 Å². The number of aliphatic hydroxyl groups is 1. The summed E-state index contributed by atoms with van der Waals surface area (Å²) in [6, 6.07) is 26.5. The van der Waals surface area contributed by atoms with Crippen LogP contribution in [0.5, 0.6) is 5.75 Å². The summed E-state index contributed by atoms with van der Waals surface area (Å²) >= 11 is 0. The van der Waals surface area contributed by atoms with Crippen molar-refractivity contribution in [3.05, 3.63) is 102 Å². The van der Waals surface area contributed by atoms with Crippen LogP contribution in [0.2, 0.25) is 0 Å². The second-order valence-electron chi connectivity index (χ2n) is 9.74. The van der Waals surface area contributed by atoms with Crippen molar-refractivity contribution >= 4 is 17.9 Å². The number of hydrogen-bond donors (Lipinski definition) is 1. The molecule has 1 fully saturated rings. The van der Waals surface area contributed by atoms with E-state index in [2.05, 4.69) is 0 Å². The smallest absolute Gasteiger partial charge is 0.303 e. The molecule has 1 heterocycles. The van der Waals surface area contributed by atoms with Crippen LogP contribution in [0.25, 0.3) is 0 Å². The van der Waals surface area contributed by atoms with Gasteiger partial charge in [0.2, 0.25) is 0 Å². The molecule has 3 aromatic rings. The van der Waals surface area contributed by atoms with E-state index < -0.39 is 54.2 Å². The first kappa shape index (κ1) is 30.7. The minimum absolute atomic E-state index is 0.241. The molecule has 1 aliphatic heterocycles. The largest absolute Gasteiger partial charge is 0.497 e. The molecule has 0 amide bonds.